The highest BCUT2D eigenvalue weighted by Crippen LogP contribution is 2.18. The van der Waals surface area contributed by atoms with Crippen LogP contribution in [0.1, 0.15) is 23.2 Å². The highest BCUT2D eigenvalue weighted by atomic mass is 16.6. The number of pyridine rings is 1. The Kier molecular flexibility index (Phi) is 6.38. The van der Waals surface area contributed by atoms with E-state index in [2.05, 4.69) is 15.6 Å². The van der Waals surface area contributed by atoms with Crippen molar-refractivity contribution in [3.8, 4) is 0 Å². The molecule has 0 unspecified atom stereocenters. The third kappa shape index (κ3) is 4.47. The SMILES string of the molecule is CNc1ncc([N+](=O)[O-])cc1C(=O)NCCCCOC. The van der Waals surface area contributed by atoms with Crippen LogP contribution in [-0.2, 0) is 4.74 Å². The van der Waals surface area contributed by atoms with Gasteiger partial charge in [0.2, 0.25) is 0 Å². The molecule has 0 aliphatic heterocycles. The van der Waals surface area contributed by atoms with E-state index in [0.29, 0.717) is 19.0 Å². The van der Waals surface area contributed by atoms with Gasteiger partial charge in [0.1, 0.15) is 12.0 Å². The summed E-state index contributed by atoms with van der Waals surface area (Å²) in [5, 5.41) is 16.1. The molecule has 1 amide bonds. The summed E-state index contributed by atoms with van der Waals surface area (Å²) in [7, 11) is 3.22. The normalized spacial score (nSPS) is 10.1. The van der Waals surface area contributed by atoms with E-state index in [4.69, 9.17) is 4.74 Å². The first-order valence-corrected chi connectivity index (χ1v) is 6.19. The number of nitrogens with one attached hydrogen (secondary N) is 2. The number of nitrogens with zero attached hydrogens (tertiary/aromatic N) is 2. The first-order chi connectivity index (χ1) is 9.60. The fraction of sp³-hybridized carbons (Fsp3) is 0.500. The van der Waals surface area contributed by atoms with Crippen molar-refractivity contribution < 1.29 is 14.5 Å². The van der Waals surface area contributed by atoms with E-state index < -0.39 is 4.92 Å². The van der Waals surface area contributed by atoms with Gasteiger partial charge in [-0.25, -0.2) is 4.98 Å². The van der Waals surface area contributed by atoms with Gasteiger partial charge in [-0.2, -0.15) is 0 Å². The van der Waals surface area contributed by atoms with Gasteiger partial charge >= 0.3 is 0 Å². The summed E-state index contributed by atoms with van der Waals surface area (Å²) in [5.41, 5.74) is -0.0537. The van der Waals surface area contributed by atoms with Crippen LogP contribution in [-0.4, -0.2) is 43.1 Å². The second-order valence-electron chi connectivity index (χ2n) is 4.05. The van der Waals surface area contributed by atoms with Crippen molar-refractivity contribution in [1.82, 2.24) is 10.3 Å². The number of amides is 1. The van der Waals surface area contributed by atoms with Crippen LogP contribution in [0.25, 0.3) is 0 Å². The van der Waals surface area contributed by atoms with Crippen LogP contribution < -0.4 is 10.6 Å². The summed E-state index contributed by atoms with van der Waals surface area (Å²) in [6.07, 6.45) is 2.72. The number of methoxy groups -OCH3 is 1. The Hall–Kier alpha value is -2.22. The van der Waals surface area contributed by atoms with Gasteiger partial charge in [-0.05, 0) is 12.8 Å². The predicted octanol–water partition coefficient (Wildman–Crippen LogP) is 1.19. The summed E-state index contributed by atoms with van der Waals surface area (Å²) in [5.74, 6) is -0.0760. The van der Waals surface area contributed by atoms with Crippen LogP contribution >= 0.6 is 0 Å². The first kappa shape index (κ1) is 15.8. The van der Waals surface area contributed by atoms with Crippen LogP contribution in [0.4, 0.5) is 11.5 Å². The Bertz CT molecular complexity index is 479. The number of unbranched alkanes of at least 4 members (excludes halogenated alkanes) is 1. The molecule has 1 rings (SSSR count). The smallest absolute Gasteiger partial charge is 0.288 e. The predicted molar refractivity (Wildman–Crippen MR) is 73.9 cm³/mol. The van der Waals surface area contributed by atoms with Crippen molar-refractivity contribution in [3.05, 3.63) is 27.9 Å². The number of carbonyl (C=O) groups is 1. The van der Waals surface area contributed by atoms with Crippen LogP contribution in [0, 0.1) is 10.1 Å². The number of rotatable bonds is 8. The molecule has 1 aromatic rings. The summed E-state index contributed by atoms with van der Waals surface area (Å²) >= 11 is 0. The molecule has 0 fully saturated rings. The minimum absolute atomic E-state index is 0.161. The zero-order valence-electron chi connectivity index (χ0n) is 11.5. The molecule has 1 aromatic heterocycles. The van der Waals surface area contributed by atoms with E-state index in [1.807, 2.05) is 0 Å². The fourth-order valence-electron chi connectivity index (χ4n) is 1.59. The second-order valence-corrected chi connectivity index (χ2v) is 4.05. The molecule has 1 heterocycles. The molecule has 0 aliphatic rings. The highest BCUT2D eigenvalue weighted by Gasteiger charge is 2.17. The van der Waals surface area contributed by atoms with E-state index in [-0.39, 0.29) is 17.2 Å². The molecule has 0 aliphatic carbocycles. The van der Waals surface area contributed by atoms with E-state index in [1.54, 1.807) is 14.2 Å². The monoisotopic (exact) mass is 282 g/mol. The Balaban J connectivity index is 2.70. The highest BCUT2D eigenvalue weighted by molar-refractivity contribution is 5.99. The van der Waals surface area contributed by atoms with Crippen LogP contribution in [0.2, 0.25) is 0 Å². The van der Waals surface area contributed by atoms with Crippen LogP contribution in [0.3, 0.4) is 0 Å². The topological polar surface area (TPSA) is 106 Å². The molecule has 0 spiro atoms. The number of ether oxygens (including phenoxy) is 1. The van der Waals surface area contributed by atoms with Crippen molar-refractivity contribution in [2.24, 2.45) is 0 Å². The first-order valence-electron chi connectivity index (χ1n) is 6.19. The molecular formula is C12H18N4O4. The number of anilines is 1. The van der Waals surface area contributed by atoms with Crippen LogP contribution in [0.5, 0.6) is 0 Å². The molecule has 0 saturated carbocycles. The molecule has 0 bridgehead atoms. The number of hydrogen-bond donors (Lipinski definition) is 2. The molecule has 20 heavy (non-hydrogen) atoms. The maximum atomic E-state index is 12.0. The van der Waals surface area contributed by atoms with Gasteiger partial charge < -0.3 is 15.4 Å². The van der Waals surface area contributed by atoms with E-state index in [0.717, 1.165) is 19.0 Å². The minimum Gasteiger partial charge on any atom is -0.385 e. The Morgan fingerprint density at radius 2 is 2.25 bits per heavy atom. The number of carbonyl (C=O) groups excluding carboxylic acids is 1. The summed E-state index contributed by atoms with van der Waals surface area (Å²) in [6, 6.07) is 1.21. The lowest BCUT2D eigenvalue weighted by Gasteiger charge is -2.08. The quantitative estimate of drug-likeness (QED) is 0.421. The fourth-order valence-corrected chi connectivity index (χ4v) is 1.59. The molecule has 0 radical (unpaired) electrons. The molecule has 110 valence electrons. The van der Waals surface area contributed by atoms with E-state index in [1.165, 1.54) is 6.07 Å². The molecule has 0 aromatic carbocycles. The molecule has 8 nitrogen and oxygen atoms in total. The number of aromatic nitrogens is 1. The maximum absolute atomic E-state index is 12.0. The van der Waals surface area contributed by atoms with E-state index >= 15 is 0 Å². The van der Waals surface area contributed by atoms with Gasteiger partial charge in [0.25, 0.3) is 11.6 Å². The third-order valence-corrected chi connectivity index (χ3v) is 2.63. The lowest BCUT2D eigenvalue weighted by molar-refractivity contribution is -0.385. The lowest BCUT2D eigenvalue weighted by Crippen LogP contribution is -2.26. The van der Waals surface area contributed by atoms with Crippen LogP contribution in [0.15, 0.2) is 12.3 Å². The molecule has 0 saturated heterocycles. The van der Waals surface area contributed by atoms with Gasteiger partial charge in [0.15, 0.2) is 0 Å². The van der Waals surface area contributed by atoms with Crippen molar-refractivity contribution in [2.75, 3.05) is 32.6 Å². The van der Waals surface area contributed by atoms with Crippen molar-refractivity contribution in [3.63, 3.8) is 0 Å². The maximum Gasteiger partial charge on any atom is 0.288 e. The van der Waals surface area contributed by atoms with Gasteiger partial charge in [-0.1, -0.05) is 0 Å². The standard InChI is InChI=1S/C12H18N4O4/c1-13-11-10(7-9(8-15-11)16(18)19)12(17)14-5-3-4-6-20-2/h7-8H,3-6H2,1-2H3,(H,13,15)(H,14,17). The van der Waals surface area contributed by atoms with Gasteiger partial charge in [0.05, 0.1) is 10.5 Å². The van der Waals surface area contributed by atoms with E-state index in [9.17, 15) is 14.9 Å². The third-order valence-electron chi connectivity index (χ3n) is 2.63. The second kappa shape index (κ2) is 8.05. The van der Waals surface area contributed by atoms with Crippen molar-refractivity contribution in [1.29, 1.82) is 0 Å². The zero-order valence-corrected chi connectivity index (χ0v) is 11.5. The van der Waals surface area contributed by atoms with Crippen molar-refractivity contribution >= 4 is 17.4 Å². The van der Waals surface area contributed by atoms with Gasteiger partial charge in [0, 0.05) is 33.4 Å². The number of hydrogen-bond acceptors (Lipinski definition) is 6. The average Bonchev–Trinajstić information content (AvgIpc) is 2.46. The largest absolute Gasteiger partial charge is 0.385 e. The lowest BCUT2D eigenvalue weighted by atomic mass is 10.2. The molecule has 8 heteroatoms. The Labute approximate surface area is 116 Å². The Morgan fingerprint density at radius 3 is 2.85 bits per heavy atom. The summed E-state index contributed by atoms with van der Waals surface area (Å²) < 4.78 is 4.90. The Morgan fingerprint density at radius 1 is 1.50 bits per heavy atom. The summed E-state index contributed by atoms with van der Waals surface area (Å²) in [4.78, 5) is 26.0. The van der Waals surface area contributed by atoms with Gasteiger partial charge in [-0.15, -0.1) is 0 Å². The molecular weight excluding hydrogens is 264 g/mol. The molecule has 0 atom stereocenters. The average molecular weight is 282 g/mol. The van der Waals surface area contributed by atoms with Crippen molar-refractivity contribution in [2.45, 2.75) is 12.8 Å². The zero-order chi connectivity index (χ0) is 15.0. The number of nitro groups is 1. The van der Waals surface area contributed by atoms with Gasteiger partial charge in [-0.3, -0.25) is 14.9 Å². The summed E-state index contributed by atoms with van der Waals surface area (Å²) in [6.45, 7) is 1.12. The minimum atomic E-state index is -0.582. The molecule has 2 N–H and O–H groups in total.